The normalized spacial score (nSPS) is 12.0. The molecule has 0 aliphatic carbocycles. The monoisotopic (exact) mass is 312 g/mol. The van der Waals surface area contributed by atoms with E-state index in [1.165, 1.54) is 11.4 Å². The van der Waals surface area contributed by atoms with Gasteiger partial charge in [0, 0.05) is 19.7 Å². The highest BCUT2D eigenvalue weighted by Crippen LogP contribution is 2.37. The van der Waals surface area contributed by atoms with Crippen LogP contribution >= 0.6 is 22.9 Å². The minimum Gasteiger partial charge on any atom is -0.258 e. The second kappa shape index (κ2) is 5.96. The molecule has 1 aromatic rings. The Morgan fingerprint density at radius 2 is 2.17 bits per heavy atom. The van der Waals surface area contributed by atoms with Crippen molar-refractivity contribution in [2.75, 3.05) is 13.6 Å². The van der Waals surface area contributed by atoms with E-state index in [0.29, 0.717) is 17.9 Å². The van der Waals surface area contributed by atoms with Gasteiger partial charge in [0.05, 0.1) is 4.92 Å². The van der Waals surface area contributed by atoms with Crippen molar-refractivity contribution in [3.8, 4) is 0 Å². The molecule has 18 heavy (non-hydrogen) atoms. The summed E-state index contributed by atoms with van der Waals surface area (Å²) < 4.78 is 25.1. The molecule has 1 aromatic heterocycles. The van der Waals surface area contributed by atoms with Crippen LogP contribution in [-0.2, 0) is 10.0 Å². The minimum atomic E-state index is -3.68. The van der Waals surface area contributed by atoms with Crippen molar-refractivity contribution in [2.24, 2.45) is 0 Å². The SMILES string of the molecule is CCCCN(C)S(=O)(=O)c1cc([N+](=O)[O-])c(Cl)s1. The summed E-state index contributed by atoms with van der Waals surface area (Å²) in [5.41, 5.74) is -0.371. The van der Waals surface area contributed by atoms with Gasteiger partial charge in [0.25, 0.3) is 15.7 Å². The zero-order valence-electron chi connectivity index (χ0n) is 9.92. The van der Waals surface area contributed by atoms with Gasteiger partial charge in [-0.25, -0.2) is 12.7 Å². The van der Waals surface area contributed by atoms with Crippen LogP contribution in [0.5, 0.6) is 0 Å². The van der Waals surface area contributed by atoms with Crippen LogP contribution in [0.25, 0.3) is 0 Å². The Labute approximate surface area is 114 Å². The van der Waals surface area contributed by atoms with Gasteiger partial charge in [-0.05, 0) is 6.42 Å². The summed E-state index contributed by atoms with van der Waals surface area (Å²) in [6.45, 7) is 2.33. The molecule has 1 rings (SSSR count). The number of unbranched alkanes of at least 4 members (excludes halogenated alkanes) is 1. The van der Waals surface area contributed by atoms with Gasteiger partial charge in [-0.15, -0.1) is 11.3 Å². The first kappa shape index (κ1) is 15.4. The van der Waals surface area contributed by atoms with Crippen LogP contribution in [0.1, 0.15) is 19.8 Å². The zero-order chi connectivity index (χ0) is 13.9. The van der Waals surface area contributed by atoms with Crippen molar-refractivity contribution in [2.45, 2.75) is 24.0 Å². The first-order chi connectivity index (χ1) is 8.30. The molecule has 9 heteroatoms. The quantitative estimate of drug-likeness (QED) is 0.597. The topological polar surface area (TPSA) is 80.5 Å². The van der Waals surface area contributed by atoms with Crippen molar-refractivity contribution in [3.05, 3.63) is 20.5 Å². The van der Waals surface area contributed by atoms with Gasteiger partial charge < -0.3 is 0 Å². The maximum absolute atomic E-state index is 12.1. The highest BCUT2D eigenvalue weighted by atomic mass is 35.5. The van der Waals surface area contributed by atoms with Crippen molar-refractivity contribution in [1.82, 2.24) is 4.31 Å². The van der Waals surface area contributed by atoms with Gasteiger partial charge in [-0.1, -0.05) is 24.9 Å². The lowest BCUT2D eigenvalue weighted by atomic mass is 10.3. The summed E-state index contributed by atoms with van der Waals surface area (Å²) >= 11 is 6.35. The number of halogens is 1. The molecule has 0 spiro atoms. The molecule has 0 atom stereocenters. The third kappa shape index (κ3) is 3.19. The lowest BCUT2D eigenvalue weighted by Crippen LogP contribution is -2.27. The Bertz CT molecular complexity index is 541. The van der Waals surface area contributed by atoms with Gasteiger partial charge in [-0.2, -0.15) is 0 Å². The van der Waals surface area contributed by atoms with Crippen molar-refractivity contribution < 1.29 is 13.3 Å². The minimum absolute atomic E-state index is 0.0993. The summed E-state index contributed by atoms with van der Waals surface area (Å²) in [4.78, 5) is 9.93. The van der Waals surface area contributed by atoms with Crippen LogP contribution in [0.2, 0.25) is 4.34 Å². The molecule has 0 aromatic carbocycles. The number of hydrogen-bond acceptors (Lipinski definition) is 5. The largest absolute Gasteiger partial charge is 0.300 e. The molecule has 102 valence electrons. The number of rotatable bonds is 6. The maximum Gasteiger partial charge on any atom is 0.300 e. The Morgan fingerprint density at radius 1 is 1.56 bits per heavy atom. The molecular weight excluding hydrogens is 300 g/mol. The fourth-order valence-corrected chi connectivity index (χ4v) is 4.33. The second-order valence-corrected chi connectivity index (χ2v) is 7.59. The van der Waals surface area contributed by atoms with Crippen molar-refractivity contribution >= 4 is 38.6 Å². The summed E-state index contributed by atoms with van der Waals surface area (Å²) in [5, 5.41) is 10.6. The van der Waals surface area contributed by atoms with E-state index in [0.717, 1.165) is 18.9 Å². The lowest BCUT2D eigenvalue weighted by Gasteiger charge is -2.14. The number of sulfonamides is 1. The molecule has 0 saturated carbocycles. The molecule has 0 aliphatic heterocycles. The van der Waals surface area contributed by atoms with Gasteiger partial charge >= 0.3 is 0 Å². The molecule has 6 nitrogen and oxygen atoms in total. The van der Waals surface area contributed by atoms with E-state index in [-0.39, 0.29) is 14.2 Å². The zero-order valence-corrected chi connectivity index (χ0v) is 12.3. The summed E-state index contributed by atoms with van der Waals surface area (Å²) in [6.07, 6.45) is 1.60. The summed E-state index contributed by atoms with van der Waals surface area (Å²) in [6, 6.07) is 1.00. The highest BCUT2D eigenvalue weighted by Gasteiger charge is 2.28. The number of nitro groups is 1. The van der Waals surface area contributed by atoms with Gasteiger partial charge in [0.15, 0.2) is 4.34 Å². The predicted molar refractivity (Wildman–Crippen MR) is 70.7 cm³/mol. The van der Waals surface area contributed by atoms with Crippen LogP contribution in [0.15, 0.2) is 10.3 Å². The molecule has 0 saturated heterocycles. The Balaban J connectivity index is 3.05. The third-order valence-corrected chi connectivity index (χ3v) is 5.98. The van der Waals surface area contributed by atoms with Crippen LogP contribution in [0.3, 0.4) is 0 Å². The van der Waals surface area contributed by atoms with Crippen LogP contribution in [0, 0.1) is 10.1 Å². The second-order valence-electron chi connectivity index (χ2n) is 3.66. The van der Waals surface area contributed by atoms with E-state index in [9.17, 15) is 18.5 Å². The first-order valence-electron chi connectivity index (χ1n) is 5.20. The fourth-order valence-electron chi connectivity index (χ4n) is 1.24. The summed E-state index contributed by atoms with van der Waals surface area (Å²) in [7, 11) is -2.23. The molecule has 1 heterocycles. The van der Waals surface area contributed by atoms with E-state index in [4.69, 9.17) is 11.6 Å². The lowest BCUT2D eigenvalue weighted by molar-refractivity contribution is -0.384. The molecule has 0 radical (unpaired) electrons. The molecule has 0 unspecified atom stereocenters. The Hall–Kier alpha value is -0.700. The van der Waals surface area contributed by atoms with Gasteiger partial charge in [-0.3, -0.25) is 10.1 Å². The number of hydrogen-bond donors (Lipinski definition) is 0. The maximum atomic E-state index is 12.1. The molecule has 0 amide bonds. The smallest absolute Gasteiger partial charge is 0.258 e. The number of nitrogens with zero attached hydrogens (tertiary/aromatic N) is 2. The Kier molecular flexibility index (Phi) is 5.09. The molecule has 0 N–H and O–H groups in total. The molecular formula is C9H13ClN2O4S2. The van der Waals surface area contributed by atoms with Crippen LogP contribution in [-0.4, -0.2) is 31.2 Å². The summed E-state index contributed by atoms with van der Waals surface area (Å²) in [5.74, 6) is 0. The van der Waals surface area contributed by atoms with Crippen LogP contribution < -0.4 is 0 Å². The Morgan fingerprint density at radius 3 is 2.61 bits per heavy atom. The van der Waals surface area contributed by atoms with E-state index in [1.54, 1.807) is 0 Å². The fraction of sp³-hybridized carbons (Fsp3) is 0.556. The predicted octanol–water partition coefficient (Wildman–Crippen LogP) is 2.73. The van der Waals surface area contributed by atoms with E-state index >= 15 is 0 Å². The first-order valence-corrected chi connectivity index (χ1v) is 7.84. The highest BCUT2D eigenvalue weighted by molar-refractivity contribution is 7.91. The molecule has 0 bridgehead atoms. The van der Waals surface area contributed by atoms with Crippen LogP contribution in [0.4, 0.5) is 5.69 Å². The van der Waals surface area contributed by atoms with Crippen molar-refractivity contribution in [3.63, 3.8) is 0 Å². The van der Waals surface area contributed by atoms with E-state index < -0.39 is 14.9 Å². The average molecular weight is 313 g/mol. The van der Waals surface area contributed by atoms with Crippen molar-refractivity contribution in [1.29, 1.82) is 0 Å². The third-order valence-electron chi connectivity index (χ3n) is 2.33. The standard InChI is InChI=1S/C9H13ClN2O4S2/c1-3-4-5-11(2)18(15,16)8-6-7(12(13)14)9(10)17-8/h6H,3-5H2,1-2H3. The van der Waals surface area contributed by atoms with E-state index in [1.807, 2.05) is 6.92 Å². The number of thiophene rings is 1. The van der Waals surface area contributed by atoms with E-state index in [2.05, 4.69) is 0 Å². The van der Waals surface area contributed by atoms with Gasteiger partial charge in [0.1, 0.15) is 4.21 Å². The average Bonchev–Trinajstić information content (AvgIpc) is 2.68. The molecule has 0 fully saturated rings. The van der Waals surface area contributed by atoms with Gasteiger partial charge in [0.2, 0.25) is 0 Å². The molecule has 0 aliphatic rings.